The van der Waals surface area contributed by atoms with Gasteiger partial charge in [-0.3, -0.25) is 14.9 Å². The molecule has 7 heteroatoms. The molecule has 0 fully saturated rings. The Bertz CT molecular complexity index is 488. The average Bonchev–Trinajstić information content (AvgIpc) is 2.34. The van der Waals surface area contributed by atoms with Crippen LogP contribution in [0.3, 0.4) is 0 Å². The topological polar surface area (TPSA) is 92.7 Å². The zero-order chi connectivity index (χ0) is 14.6. The number of nitrogen functional groups attached to an aromatic ring is 1. The number of benzene rings is 1. The van der Waals surface area contributed by atoms with Crippen LogP contribution in [-0.4, -0.2) is 54.9 Å². The van der Waals surface area contributed by atoms with E-state index in [1.165, 1.54) is 18.2 Å². The van der Waals surface area contributed by atoms with Crippen LogP contribution in [0.4, 0.5) is 11.4 Å². The van der Waals surface area contributed by atoms with Gasteiger partial charge in [-0.05, 0) is 26.2 Å². The highest BCUT2D eigenvalue weighted by atomic mass is 16.6. The van der Waals surface area contributed by atoms with Gasteiger partial charge < -0.3 is 15.5 Å². The van der Waals surface area contributed by atoms with Gasteiger partial charge in [-0.1, -0.05) is 0 Å². The van der Waals surface area contributed by atoms with Crippen LogP contribution in [0.1, 0.15) is 10.4 Å². The summed E-state index contributed by atoms with van der Waals surface area (Å²) in [5.41, 5.74) is 5.72. The summed E-state index contributed by atoms with van der Waals surface area (Å²) in [6, 6.07) is 4.01. The molecule has 0 heterocycles. The lowest BCUT2D eigenvalue weighted by atomic mass is 10.1. The summed E-state index contributed by atoms with van der Waals surface area (Å²) >= 11 is 0. The second kappa shape index (κ2) is 6.14. The monoisotopic (exact) mass is 266 g/mol. The third kappa shape index (κ3) is 3.92. The van der Waals surface area contributed by atoms with Crippen LogP contribution < -0.4 is 5.73 Å². The fourth-order valence-electron chi connectivity index (χ4n) is 1.53. The highest BCUT2D eigenvalue weighted by Gasteiger charge is 2.16. The molecule has 0 saturated heterocycles. The minimum Gasteiger partial charge on any atom is -0.393 e. The van der Waals surface area contributed by atoms with Gasteiger partial charge in [0.25, 0.3) is 11.6 Å². The summed E-state index contributed by atoms with van der Waals surface area (Å²) < 4.78 is 0. The fraction of sp³-hybridized carbons (Fsp3) is 0.417. The van der Waals surface area contributed by atoms with Crippen LogP contribution in [0.5, 0.6) is 0 Å². The van der Waals surface area contributed by atoms with E-state index >= 15 is 0 Å². The molecule has 1 aromatic carbocycles. The zero-order valence-corrected chi connectivity index (χ0v) is 11.3. The molecule has 0 bridgehead atoms. The predicted molar refractivity (Wildman–Crippen MR) is 73.0 cm³/mol. The highest BCUT2D eigenvalue weighted by Crippen LogP contribution is 2.22. The molecule has 1 amide bonds. The van der Waals surface area contributed by atoms with Crippen molar-refractivity contribution in [1.82, 2.24) is 9.80 Å². The lowest BCUT2D eigenvalue weighted by molar-refractivity contribution is -0.383. The van der Waals surface area contributed by atoms with E-state index < -0.39 is 4.92 Å². The summed E-state index contributed by atoms with van der Waals surface area (Å²) in [7, 11) is 5.52. The number of carbonyl (C=O) groups is 1. The molecule has 19 heavy (non-hydrogen) atoms. The molecule has 2 N–H and O–H groups in total. The van der Waals surface area contributed by atoms with Gasteiger partial charge in [-0.25, -0.2) is 0 Å². The molecule has 0 radical (unpaired) electrons. The van der Waals surface area contributed by atoms with E-state index in [0.717, 1.165) is 6.54 Å². The minimum atomic E-state index is -0.570. The predicted octanol–water partition coefficient (Wildman–Crippen LogP) is 0.811. The molecular formula is C12H18N4O3. The second-order valence-corrected chi connectivity index (χ2v) is 4.56. The van der Waals surface area contributed by atoms with Crippen LogP contribution in [0.2, 0.25) is 0 Å². The highest BCUT2D eigenvalue weighted by molar-refractivity contribution is 5.95. The summed E-state index contributed by atoms with van der Waals surface area (Å²) in [6.07, 6.45) is 0. The van der Waals surface area contributed by atoms with Crippen molar-refractivity contribution in [2.24, 2.45) is 0 Å². The van der Waals surface area contributed by atoms with Gasteiger partial charge >= 0.3 is 0 Å². The lowest BCUT2D eigenvalue weighted by Crippen LogP contribution is -2.33. The van der Waals surface area contributed by atoms with Gasteiger partial charge in [0.2, 0.25) is 0 Å². The van der Waals surface area contributed by atoms with Crippen molar-refractivity contribution in [1.29, 1.82) is 0 Å². The van der Waals surface area contributed by atoms with Crippen LogP contribution in [0.15, 0.2) is 18.2 Å². The number of carbonyl (C=O) groups excluding carboxylic acids is 1. The average molecular weight is 266 g/mol. The molecule has 0 unspecified atom stereocenters. The minimum absolute atomic E-state index is 0.00291. The number of nitro groups is 1. The number of nitrogens with zero attached hydrogens (tertiary/aromatic N) is 3. The molecule has 1 rings (SSSR count). The number of rotatable bonds is 5. The third-order valence-corrected chi connectivity index (χ3v) is 2.70. The van der Waals surface area contributed by atoms with Crippen molar-refractivity contribution in [3.8, 4) is 0 Å². The summed E-state index contributed by atoms with van der Waals surface area (Å²) in [5.74, 6) is -0.205. The van der Waals surface area contributed by atoms with Crippen molar-refractivity contribution in [2.75, 3.05) is 40.0 Å². The number of nitro benzene ring substituents is 1. The van der Waals surface area contributed by atoms with E-state index in [4.69, 9.17) is 5.73 Å². The van der Waals surface area contributed by atoms with E-state index in [0.29, 0.717) is 12.1 Å². The van der Waals surface area contributed by atoms with Crippen molar-refractivity contribution in [3.63, 3.8) is 0 Å². The molecule has 0 saturated carbocycles. The zero-order valence-electron chi connectivity index (χ0n) is 11.3. The van der Waals surface area contributed by atoms with Crippen LogP contribution in [0, 0.1) is 10.1 Å². The first-order chi connectivity index (χ1) is 8.82. The van der Waals surface area contributed by atoms with Gasteiger partial charge in [-0.15, -0.1) is 0 Å². The molecular weight excluding hydrogens is 248 g/mol. The van der Waals surface area contributed by atoms with E-state index in [2.05, 4.69) is 0 Å². The van der Waals surface area contributed by atoms with Crippen LogP contribution >= 0.6 is 0 Å². The van der Waals surface area contributed by atoms with Gasteiger partial charge in [0.15, 0.2) is 0 Å². The van der Waals surface area contributed by atoms with E-state index in [1.807, 2.05) is 19.0 Å². The normalized spacial score (nSPS) is 10.5. The van der Waals surface area contributed by atoms with Crippen molar-refractivity contribution >= 4 is 17.3 Å². The van der Waals surface area contributed by atoms with Crippen molar-refractivity contribution < 1.29 is 9.72 Å². The first-order valence-corrected chi connectivity index (χ1v) is 5.77. The largest absolute Gasteiger partial charge is 0.393 e. The fourth-order valence-corrected chi connectivity index (χ4v) is 1.53. The van der Waals surface area contributed by atoms with Crippen molar-refractivity contribution in [2.45, 2.75) is 0 Å². The number of hydrogen-bond donors (Lipinski definition) is 1. The Kier molecular flexibility index (Phi) is 4.82. The van der Waals surface area contributed by atoms with Gasteiger partial charge in [-0.2, -0.15) is 0 Å². The number of likely N-dealkylation sites (N-methyl/N-ethyl adjacent to an activating group) is 2. The van der Waals surface area contributed by atoms with Gasteiger partial charge in [0.05, 0.1) is 4.92 Å². The maximum absolute atomic E-state index is 12.1. The van der Waals surface area contributed by atoms with E-state index in [9.17, 15) is 14.9 Å². The van der Waals surface area contributed by atoms with Crippen LogP contribution in [0.25, 0.3) is 0 Å². The van der Waals surface area contributed by atoms with Gasteiger partial charge in [0, 0.05) is 31.8 Å². The first kappa shape index (κ1) is 14.9. The number of amides is 1. The van der Waals surface area contributed by atoms with Crippen LogP contribution in [-0.2, 0) is 0 Å². The Morgan fingerprint density at radius 2 is 1.95 bits per heavy atom. The maximum Gasteiger partial charge on any atom is 0.292 e. The lowest BCUT2D eigenvalue weighted by Gasteiger charge is -2.19. The molecule has 0 aliphatic heterocycles. The Balaban J connectivity index is 2.83. The Morgan fingerprint density at radius 3 is 2.42 bits per heavy atom. The molecule has 104 valence electrons. The second-order valence-electron chi connectivity index (χ2n) is 4.56. The summed E-state index contributed by atoms with van der Waals surface area (Å²) in [6.45, 7) is 1.31. The number of hydrogen-bond acceptors (Lipinski definition) is 5. The third-order valence-electron chi connectivity index (χ3n) is 2.70. The Labute approximate surface area is 111 Å². The first-order valence-electron chi connectivity index (χ1n) is 5.77. The van der Waals surface area contributed by atoms with E-state index in [-0.39, 0.29) is 17.3 Å². The van der Waals surface area contributed by atoms with E-state index in [1.54, 1.807) is 11.9 Å². The quantitative estimate of drug-likeness (QED) is 0.483. The van der Waals surface area contributed by atoms with Crippen molar-refractivity contribution in [3.05, 3.63) is 33.9 Å². The molecule has 1 aromatic rings. The molecule has 0 aliphatic carbocycles. The SMILES string of the molecule is CN(C)CCN(C)C(=O)c1ccc([N+](=O)[O-])c(N)c1. The standard InChI is InChI=1S/C12H18N4O3/c1-14(2)6-7-15(3)12(17)9-4-5-11(16(18)19)10(13)8-9/h4-5,8H,6-7,13H2,1-3H3. The smallest absolute Gasteiger partial charge is 0.292 e. The molecule has 0 atom stereocenters. The molecule has 0 spiro atoms. The Morgan fingerprint density at radius 1 is 1.32 bits per heavy atom. The maximum atomic E-state index is 12.1. The Hall–Kier alpha value is -2.15. The summed E-state index contributed by atoms with van der Waals surface area (Å²) in [4.78, 5) is 25.7. The molecule has 0 aromatic heterocycles. The van der Waals surface area contributed by atoms with Gasteiger partial charge in [0.1, 0.15) is 5.69 Å². The molecule has 7 nitrogen and oxygen atoms in total. The number of nitrogens with two attached hydrogens (primary N) is 1. The molecule has 0 aliphatic rings. The summed E-state index contributed by atoms with van der Waals surface area (Å²) in [5, 5.41) is 10.6. The number of anilines is 1.